The first kappa shape index (κ1) is 30.4. The first-order valence-corrected chi connectivity index (χ1v) is 12.7. The number of carbonyl (C=O) groups excluding carboxylic acids is 2. The Morgan fingerprint density at radius 2 is 1.93 bits per heavy atom. The van der Waals surface area contributed by atoms with Gasteiger partial charge in [0.25, 0.3) is 5.56 Å². The van der Waals surface area contributed by atoms with Crippen molar-refractivity contribution in [3.05, 3.63) is 100 Å². The third-order valence-corrected chi connectivity index (χ3v) is 6.08. The summed E-state index contributed by atoms with van der Waals surface area (Å²) < 4.78 is 48.3. The molecule has 2 heterocycles. The van der Waals surface area contributed by atoms with Crippen molar-refractivity contribution in [3.8, 4) is 5.75 Å². The monoisotopic (exact) mass is 598 g/mol. The van der Waals surface area contributed by atoms with Gasteiger partial charge in [0.1, 0.15) is 47.1 Å². The average molecular weight is 599 g/mol. The number of primary amides is 1. The number of fused-ring (bicyclic) bond motifs is 1. The van der Waals surface area contributed by atoms with Crippen LogP contribution in [0.5, 0.6) is 5.75 Å². The molecule has 0 aliphatic carbocycles. The van der Waals surface area contributed by atoms with Gasteiger partial charge in [0, 0.05) is 23.9 Å². The van der Waals surface area contributed by atoms with Crippen LogP contribution in [0.25, 0.3) is 11.0 Å². The fraction of sp³-hybridized carbons (Fsp3) is 0.179. The van der Waals surface area contributed by atoms with Crippen LogP contribution in [0, 0.1) is 17.5 Å². The lowest BCUT2D eigenvalue weighted by Crippen LogP contribution is -2.44. The van der Waals surface area contributed by atoms with Crippen LogP contribution in [0.2, 0.25) is 0 Å². The molecule has 224 valence electrons. The molecule has 2 aromatic carbocycles. The highest BCUT2D eigenvalue weighted by Gasteiger charge is 2.21. The molecule has 0 bridgehead atoms. The molecule has 0 saturated carbocycles. The molecule has 15 heteroatoms. The fourth-order valence-electron chi connectivity index (χ4n) is 4.10. The molecular weight excluding hydrogens is 573 g/mol. The zero-order chi connectivity index (χ0) is 31.1. The van der Waals surface area contributed by atoms with Crippen molar-refractivity contribution in [1.82, 2.24) is 19.9 Å². The lowest BCUT2D eigenvalue weighted by molar-refractivity contribution is -0.118. The maximum Gasteiger partial charge on any atom is 0.405 e. The van der Waals surface area contributed by atoms with Gasteiger partial charge in [-0.15, -0.1) is 0 Å². The summed E-state index contributed by atoms with van der Waals surface area (Å²) >= 11 is 0. The number of carbonyl (C=O) groups is 3. The number of ether oxygens (including phenoxy) is 1. The number of aromatic nitrogens is 3. The number of pyridine rings is 1. The van der Waals surface area contributed by atoms with E-state index in [1.165, 1.54) is 35.0 Å². The van der Waals surface area contributed by atoms with Gasteiger partial charge in [0.05, 0.1) is 12.1 Å². The van der Waals surface area contributed by atoms with Crippen molar-refractivity contribution in [1.29, 1.82) is 0 Å². The van der Waals surface area contributed by atoms with E-state index >= 15 is 0 Å². The number of hydrogen-bond donors (Lipinski definition) is 5. The van der Waals surface area contributed by atoms with Crippen LogP contribution in [0.15, 0.2) is 65.6 Å². The number of imidazole rings is 1. The van der Waals surface area contributed by atoms with E-state index in [2.05, 4.69) is 20.6 Å². The summed E-state index contributed by atoms with van der Waals surface area (Å²) in [6.07, 6.45) is 2.56. The fourth-order valence-corrected chi connectivity index (χ4v) is 4.10. The number of nitrogens with one attached hydrogen (secondary N) is 3. The van der Waals surface area contributed by atoms with Crippen LogP contribution < -0.4 is 26.7 Å². The van der Waals surface area contributed by atoms with Gasteiger partial charge in [-0.2, -0.15) is 0 Å². The smallest absolute Gasteiger partial charge is 0.405 e. The van der Waals surface area contributed by atoms with Crippen LogP contribution in [0.4, 0.5) is 23.7 Å². The highest BCUT2D eigenvalue weighted by Crippen LogP contribution is 2.27. The van der Waals surface area contributed by atoms with Gasteiger partial charge in [-0.1, -0.05) is 6.08 Å². The molecule has 2 aromatic heterocycles. The number of nitrogens with zero attached hydrogens (tertiary/aromatic N) is 2. The second-order valence-electron chi connectivity index (χ2n) is 9.24. The molecule has 3 amide bonds. The second kappa shape index (κ2) is 13.4. The number of hydrogen-bond acceptors (Lipinski definition) is 6. The molecule has 1 atom stereocenters. The van der Waals surface area contributed by atoms with E-state index in [0.717, 1.165) is 24.3 Å². The summed E-state index contributed by atoms with van der Waals surface area (Å²) in [5.74, 6) is -3.55. The molecule has 6 N–H and O–H groups in total. The number of benzene rings is 2. The molecule has 0 aliphatic heterocycles. The van der Waals surface area contributed by atoms with Gasteiger partial charge >= 0.3 is 6.09 Å². The summed E-state index contributed by atoms with van der Waals surface area (Å²) in [4.78, 5) is 55.2. The quantitative estimate of drug-likeness (QED) is 0.155. The molecule has 0 radical (unpaired) electrons. The molecule has 43 heavy (non-hydrogen) atoms. The average Bonchev–Trinajstić information content (AvgIpc) is 3.33. The predicted octanol–water partition coefficient (Wildman–Crippen LogP) is 3.17. The minimum atomic E-state index is -1.46. The van der Waals surface area contributed by atoms with E-state index in [-0.39, 0.29) is 59.9 Å². The summed E-state index contributed by atoms with van der Waals surface area (Å²) in [5.41, 5.74) is 4.70. The Kier molecular flexibility index (Phi) is 9.44. The minimum absolute atomic E-state index is 0.0165. The number of amides is 3. The molecule has 0 fully saturated rings. The lowest BCUT2D eigenvalue weighted by atomic mass is 10.1. The van der Waals surface area contributed by atoms with Gasteiger partial charge < -0.3 is 35.8 Å². The summed E-state index contributed by atoms with van der Waals surface area (Å²) in [6, 6.07) is 6.75. The van der Waals surface area contributed by atoms with E-state index < -0.39 is 47.0 Å². The highest BCUT2D eigenvalue weighted by atomic mass is 19.1. The van der Waals surface area contributed by atoms with Gasteiger partial charge in [0.15, 0.2) is 5.75 Å². The predicted molar refractivity (Wildman–Crippen MR) is 148 cm³/mol. The Hall–Kier alpha value is -5.60. The molecular formula is C28H25F3N6O6. The van der Waals surface area contributed by atoms with Crippen LogP contribution in [-0.4, -0.2) is 43.6 Å². The Balaban J connectivity index is 1.51. The van der Waals surface area contributed by atoms with Crippen LogP contribution >= 0.6 is 0 Å². The molecule has 0 spiro atoms. The minimum Gasteiger partial charge on any atom is -0.486 e. The molecule has 12 nitrogen and oxygen atoms in total. The SMILES string of the molecule is NC(=O)/C=C/CC[C@H](NC(=O)O)C(=O)Nc1cccn(Cc2nc3c(OCc4ccc(F)cc4F)cc(F)cc3[nH]2)c1=O. The van der Waals surface area contributed by atoms with Crippen molar-refractivity contribution >= 4 is 34.6 Å². The Labute approximate surface area is 241 Å². The Morgan fingerprint density at radius 1 is 1.14 bits per heavy atom. The number of halogens is 3. The summed E-state index contributed by atoms with van der Waals surface area (Å²) in [6.45, 7) is -0.465. The largest absolute Gasteiger partial charge is 0.486 e. The van der Waals surface area contributed by atoms with E-state index in [9.17, 15) is 32.3 Å². The first-order valence-electron chi connectivity index (χ1n) is 12.7. The molecule has 4 aromatic rings. The van der Waals surface area contributed by atoms with E-state index in [1.54, 1.807) is 0 Å². The zero-order valence-corrected chi connectivity index (χ0v) is 22.3. The Morgan fingerprint density at radius 3 is 2.65 bits per heavy atom. The van der Waals surface area contributed by atoms with Crippen molar-refractivity contribution in [2.24, 2.45) is 5.73 Å². The number of anilines is 1. The maximum absolute atomic E-state index is 14.3. The van der Waals surface area contributed by atoms with Crippen molar-refractivity contribution < 1.29 is 37.4 Å². The number of aromatic amines is 1. The highest BCUT2D eigenvalue weighted by molar-refractivity contribution is 5.96. The van der Waals surface area contributed by atoms with Crippen molar-refractivity contribution in [2.45, 2.75) is 32.0 Å². The van der Waals surface area contributed by atoms with Gasteiger partial charge in [0.2, 0.25) is 11.8 Å². The number of rotatable bonds is 12. The second-order valence-corrected chi connectivity index (χ2v) is 9.24. The Bertz CT molecular complexity index is 1770. The van der Waals surface area contributed by atoms with Crippen LogP contribution in [0.3, 0.4) is 0 Å². The van der Waals surface area contributed by atoms with E-state index in [1.807, 2.05) is 0 Å². The van der Waals surface area contributed by atoms with Crippen molar-refractivity contribution in [3.63, 3.8) is 0 Å². The first-order chi connectivity index (χ1) is 20.5. The summed E-state index contributed by atoms with van der Waals surface area (Å²) in [7, 11) is 0. The number of nitrogens with two attached hydrogens (primary N) is 1. The van der Waals surface area contributed by atoms with Gasteiger partial charge in [-0.05, 0) is 49.2 Å². The standard InChI is InChI=1S/C28H25F3N6O6/c29-16-8-7-15(18(31)10-16)14-43-22-12-17(30)11-21-25(22)36-24(33-21)13-37-9-3-5-20(27(37)40)34-26(39)19(35-28(41)42)4-1-2-6-23(32)38/h2-3,5-12,19,35H,1,4,13-14H2,(H2,32,38)(H,33,36)(H,34,39)(H,41,42)/b6-2+/t19-/m0/s1. The van der Waals surface area contributed by atoms with Crippen LogP contribution in [0.1, 0.15) is 24.2 Å². The molecule has 0 saturated heterocycles. The van der Waals surface area contributed by atoms with Crippen molar-refractivity contribution in [2.75, 3.05) is 5.32 Å². The van der Waals surface area contributed by atoms with Gasteiger partial charge in [-0.3, -0.25) is 14.4 Å². The molecule has 0 aliphatic rings. The number of allylic oxidation sites excluding steroid dienone is 1. The van der Waals surface area contributed by atoms with Crippen LogP contribution in [-0.2, 0) is 22.7 Å². The normalized spacial score (nSPS) is 11.9. The third-order valence-electron chi connectivity index (χ3n) is 6.08. The molecule has 0 unspecified atom stereocenters. The summed E-state index contributed by atoms with van der Waals surface area (Å²) in [5, 5.41) is 13.6. The number of H-pyrrole nitrogens is 1. The molecule has 4 rings (SSSR count). The number of carboxylic acid groups (broad SMARTS) is 1. The zero-order valence-electron chi connectivity index (χ0n) is 22.3. The van der Waals surface area contributed by atoms with E-state index in [0.29, 0.717) is 6.07 Å². The maximum atomic E-state index is 14.3. The lowest BCUT2D eigenvalue weighted by Gasteiger charge is -2.16. The van der Waals surface area contributed by atoms with Gasteiger partial charge in [-0.25, -0.2) is 22.9 Å². The third kappa shape index (κ3) is 8.00. The van der Waals surface area contributed by atoms with E-state index in [4.69, 9.17) is 15.6 Å². The topological polar surface area (TPSA) is 181 Å².